The molecule has 0 unspecified atom stereocenters. The summed E-state index contributed by atoms with van der Waals surface area (Å²) < 4.78 is 10.4. The molecule has 0 radical (unpaired) electrons. The molecular weight excluding hydrogens is 260 g/mol. The Balaban J connectivity index is 1.91. The van der Waals surface area contributed by atoms with Crippen LogP contribution in [-0.2, 0) is 9.47 Å². The van der Waals surface area contributed by atoms with Gasteiger partial charge in [0.1, 0.15) is 0 Å². The predicted molar refractivity (Wildman–Crippen MR) is 77.3 cm³/mol. The number of methoxy groups -OCH3 is 2. The Kier molecular flexibility index (Phi) is 5.28. The van der Waals surface area contributed by atoms with Crippen LogP contribution in [0.2, 0.25) is 0 Å². The van der Waals surface area contributed by atoms with Crippen molar-refractivity contribution in [3.05, 3.63) is 29.8 Å². The molecule has 1 N–H and O–H groups in total. The van der Waals surface area contributed by atoms with Gasteiger partial charge in [-0.3, -0.25) is 0 Å². The average molecular weight is 282 g/mol. The van der Waals surface area contributed by atoms with Crippen LogP contribution < -0.4 is 0 Å². The Morgan fingerprint density at radius 3 is 2.26 bits per heavy atom. The van der Waals surface area contributed by atoms with E-state index >= 15 is 0 Å². The first-order valence-corrected chi connectivity index (χ1v) is 7.66. The van der Waals surface area contributed by atoms with Crippen LogP contribution in [0, 0.1) is 0 Å². The van der Waals surface area contributed by atoms with Crippen molar-refractivity contribution in [2.24, 2.45) is 0 Å². The summed E-state index contributed by atoms with van der Waals surface area (Å²) in [5, 5.41) is 10.3. The third-order valence-electron chi connectivity index (χ3n) is 3.62. The highest BCUT2D eigenvalue weighted by molar-refractivity contribution is 7.99. The maximum absolute atomic E-state index is 10.3. The molecule has 2 rings (SSSR count). The van der Waals surface area contributed by atoms with Gasteiger partial charge in [-0.15, -0.1) is 11.8 Å². The van der Waals surface area contributed by atoms with Gasteiger partial charge in [0, 0.05) is 30.4 Å². The molecule has 1 aromatic rings. The van der Waals surface area contributed by atoms with E-state index in [9.17, 15) is 5.11 Å². The van der Waals surface area contributed by atoms with Gasteiger partial charge in [0.25, 0.3) is 0 Å². The van der Waals surface area contributed by atoms with E-state index in [4.69, 9.17) is 9.47 Å². The summed E-state index contributed by atoms with van der Waals surface area (Å²) in [6.07, 6.45) is 3.87. The molecule has 0 aliphatic heterocycles. The Bertz CT molecular complexity index is 381. The summed E-state index contributed by atoms with van der Waals surface area (Å²) in [5.41, 5.74) is 0.555. The largest absolute Gasteiger partial charge is 0.389 e. The zero-order valence-electron chi connectivity index (χ0n) is 11.6. The lowest BCUT2D eigenvalue weighted by Gasteiger charge is -2.21. The van der Waals surface area contributed by atoms with E-state index in [-0.39, 0.29) is 6.29 Å². The zero-order valence-corrected chi connectivity index (χ0v) is 12.4. The standard InChI is InChI=1S/C15H22O3S/c1-17-14(18-2)12-5-7-13(8-6-12)19-11-15(16)9-3-4-10-15/h5-8,14,16H,3-4,9-11H2,1-2H3. The van der Waals surface area contributed by atoms with Gasteiger partial charge in [-0.25, -0.2) is 0 Å². The molecule has 3 nitrogen and oxygen atoms in total. The van der Waals surface area contributed by atoms with Crippen LogP contribution in [0.5, 0.6) is 0 Å². The normalized spacial score (nSPS) is 18.1. The van der Waals surface area contributed by atoms with Gasteiger partial charge in [0.2, 0.25) is 0 Å². The topological polar surface area (TPSA) is 38.7 Å². The van der Waals surface area contributed by atoms with Crippen LogP contribution in [0.15, 0.2) is 29.2 Å². The Labute approximate surface area is 119 Å². The fraction of sp³-hybridized carbons (Fsp3) is 0.600. The molecule has 0 aromatic heterocycles. The Morgan fingerprint density at radius 2 is 1.74 bits per heavy atom. The lowest BCUT2D eigenvalue weighted by Crippen LogP contribution is -2.26. The van der Waals surface area contributed by atoms with Crippen molar-refractivity contribution in [3.8, 4) is 0 Å². The molecule has 0 amide bonds. The first-order valence-electron chi connectivity index (χ1n) is 6.68. The quantitative estimate of drug-likeness (QED) is 0.641. The summed E-state index contributed by atoms with van der Waals surface area (Å²) in [6.45, 7) is 0. The molecule has 1 aliphatic rings. The van der Waals surface area contributed by atoms with Crippen molar-refractivity contribution >= 4 is 11.8 Å². The van der Waals surface area contributed by atoms with E-state index in [0.717, 1.165) is 37.0 Å². The highest BCUT2D eigenvalue weighted by Crippen LogP contribution is 2.35. The van der Waals surface area contributed by atoms with Crippen molar-refractivity contribution < 1.29 is 14.6 Å². The Morgan fingerprint density at radius 1 is 1.16 bits per heavy atom. The van der Waals surface area contributed by atoms with Gasteiger partial charge >= 0.3 is 0 Å². The highest BCUT2D eigenvalue weighted by atomic mass is 32.2. The first-order chi connectivity index (χ1) is 9.17. The van der Waals surface area contributed by atoms with Crippen LogP contribution in [0.1, 0.15) is 37.5 Å². The summed E-state index contributed by atoms with van der Waals surface area (Å²) in [4.78, 5) is 1.18. The molecule has 1 fully saturated rings. The van der Waals surface area contributed by atoms with Crippen molar-refractivity contribution in [2.75, 3.05) is 20.0 Å². The second-order valence-electron chi connectivity index (χ2n) is 5.09. The SMILES string of the molecule is COC(OC)c1ccc(SCC2(O)CCCC2)cc1. The van der Waals surface area contributed by atoms with Gasteiger partial charge in [0.15, 0.2) is 6.29 Å². The van der Waals surface area contributed by atoms with Gasteiger partial charge in [0.05, 0.1) is 5.60 Å². The minimum atomic E-state index is -0.453. The molecule has 1 aliphatic carbocycles. The van der Waals surface area contributed by atoms with E-state index in [0.29, 0.717) is 0 Å². The molecule has 0 atom stereocenters. The van der Waals surface area contributed by atoms with E-state index in [1.165, 1.54) is 4.90 Å². The van der Waals surface area contributed by atoms with Crippen molar-refractivity contribution in [1.82, 2.24) is 0 Å². The summed E-state index contributed by atoms with van der Waals surface area (Å²) in [7, 11) is 3.26. The average Bonchev–Trinajstić information content (AvgIpc) is 2.87. The number of hydrogen-bond donors (Lipinski definition) is 1. The summed E-state index contributed by atoms with van der Waals surface area (Å²) in [5.74, 6) is 0.782. The number of aliphatic hydroxyl groups is 1. The van der Waals surface area contributed by atoms with Gasteiger partial charge in [-0.1, -0.05) is 25.0 Å². The summed E-state index contributed by atoms with van der Waals surface area (Å²) >= 11 is 1.72. The number of hydrogen-bond acceptors (Lipinski definition) is 4. The van der Waals surface area contributed by atoms with Crippen LogP contribution in [0.4, 0.5) is 0 Å². The minimum absolute atomic E-state index is 0.307. The van der Waals surface area contributed by atoms with E-state index in [1.807, 2.05) is 12.1 Å². The molecule has 0 spiro atoms. The molecule has 1 saturated carbocycles. The smallest absolute Gasteiger partial charge is 0.183 e. The van der Waals surface area contributed by atoms with Gasteiger partial charge in [-0.2, -0.15) is 0 Å². The number of ether oxygens (including phenoxy) is 2. The number of rotatable bonds is 6. The maximum atomic E-state index is 10.3. The molecule has 0 heterocycles. The van der Waals surface area contributed by atoms with Crippen molar-refractivity contribution in [1.29, 1.82) is 0 Å². The van der Waals surface area contributed by atoms with Gasteiger partial charge < -0.3 is 14.6 Å². The predicted octanol–water partition coefficient (Wildman–Crippen LogP) is 3.38. The van der Waals surface area contributed by atoms with Crippen LogP contribution >= 0.6 is 11.8 Å². The van der Waals surface area contributed by atoms with Gasteiger partial charge in [-0.05, 0) is 25.0 Å². The molecule has 4 heteroatoms. The number of thioether (sulfide) groups is 1. The molecule has 106 valence electrons. The second kappa shape index (κ2) is 6.75. The van der Waals surface area contributed by atoms with E-state index in [2.05, 4.69) is 12.1 Å². The zero-order chi connectivity index (χ0) is 13.7. The van der Waals surface area contributed by atoms with E-state index in [1.54, 1.807) is 26.0 Å². The maximum Gasteiger partial charge on any atom is 0.183 e. The second-order valence-corrected chi connectivity index (χ2v) is 6.14. The van der Waals surface area contributed by atoms with E-state index < -0.39 is 5.60 Å². The molecule has 1 aromatic carbocycles. The fourth-order valence-electron chi connectivity index (χ4n) is 2.48. The van der Waals surface area contributed by atoms with Crippen LogP contribution in [0.25, 0.3) is 0 Å². The molecule has 19 heavy (non-hydrogen) atoms. The minimum Gasteiger partial charge on any atom is -0.389 e. The third-order valence-corrected chi connectivity index (χ3v) is 4.91. The molecule has 0 bridgehead atoms. The highest BCUT2D eigenvalue weighted by Gasteiger charge is 2.30. The first kappa shape index (κ1) is 14.9. The van der Waals surface area contributed by atoms with Crippen molar-refractivity contribution in [2.45, 2.75) is 42.5 Å². The fourth-order valence-corrected chi connectivity index (χ4v) is 3.54. The van der Waals surface area contributed by atoms with Crippen LogP contribution in [-0.4, -0.2) is 30.7 Å². The molecular formula is C15H22O3S. The summed E-state index contributed by atoms with van der Waals surface area (Å²) in [6, 6.07) is 8.14. The lowest BCUT2D eigenvalue weighted by molar-refractivity contribution is -0.106. The van der Waals surface area contributed by atoms with Crippen molar-refractivity contribution in [3.63, 3.8) is 0 Å². The third kappa shape index (κ3) is 3.96. The monoisotopic (exact) mass is 282 g/mol. The lowest BCUT2D eigenvalue weighted by atomic mass is 10.1. The van der Waals surface area contributed by atoms with Crippen LogP contribution in [0.3, 0.4) is 0 Å². The molecule has 0 saturated heterocycles. The Hall–Kier alpha value is -0.550. The number of benzene rings is 1.